The van der Waals surface area contributed by atoms with Gasteiger partial charge < -0.3 is 20.4 Å². The molecule has 2 N–H and O–H groups in total. The van der Waals surface area contributed by atoms with Gasteiger partial charge in [-0.25, -0.2) is 0 Å². The molecule has 0 aromatic rings. The molecule has 120 valence electrons. The van der Waals surface area contributed by atoms with Crippen molar-refractivity contribution in [1.82, 2.24) is 20.4 Å². The monoisotopic (exact) mass is 293 g/mol. The minimum atomic E-state index is 0.513. The molecular formula is C16H31N5. The Morgan fingerprint density at radius 2 is 1.86 bits per heavy atom. The van der Waals surface area contributed by atoms with E-state index in [-0.39, 0.29) is 0 Å². The van der Waals surface area contributed by atoms with Crippen LogP contribution in [0.5, 0.6) is 0 Å². The summed E-state index contributed by atoms with van der Waals surface area (Å²) in [6, 6.07) is 0. The van der Waals surface area contributed by atoms with Gasteiger partial charge in [0.25, 0.3) is 0 Å². The Kier molecular flexibility index (Phi) is 8.88. The van der Waals surface area contributed by atoms with Crippen LogP contribution in [-0.2, 0) is 0 Å². The highest BCUT2D eigenvalue weighted by atomic mass is 15.3. The summed E-state index contributed by atoms with van der Waals surface area (Å²) < 4.78 is 0. The molecule has 1 aliphatic heterocycles. The van der Waals surface area contributed by atoms with Gasteiger partial charge in [0.05, 0.1) is 6.54 Å². The van der Waals surface area contributed by atoms with E-state index in [9.17, 15) is 0 Å². The Morgan fingerprint density at radius 1 is 1.19 bits per heavy atom. The van der Waals surface area contributed by atoms with Crippen molar-refractivity contribution in [3.8, 4) is 12.3 Å². The first kappa shape index (κ1) is 17.8. The lowest BCUT2D eigenvalue weighted by Gasteiger charge is -2.35. The van der Waals surface area contributed by atoms with E-state index in [1.54, 1.807) is 0 Å². The van der Waals surface area contributed by atoms with Gasteiger partial charge >= 0.3 is 0 Å². The number of aliphatic imine (C=N–C) groups is 1. The number of terminal acetylenes is 1. The first-order valence-corrected chi connectivity index (χ1v) is 8.09. The second kappa shape index (κ2) is 10.5. The molecular weight excluding hydrogens is 262 g/mol. The van der Waals surface area contributed by atoms with Crippen molar-refractivity contribution in [2.24, 2.45) is 10.9 Å². The molecule has 1 aliphatic rings. The fourth-order valence-electron chi connectivity index (χ4n) is 2.51. The zero-order valence-electron chi connectivity index (χ0n) is 13.9. The van der Waals surface area contributed by atoms with Crippen molar-refractivity contribution in [1.29, 1.82) is 0 Å². The summed E-state index contributed by atoms with van der Waals surface area (Å²) in [4.78, 5) is 9.67. The van der Waals surface area contributed by atoms with Crippen LogP contribution in [0.15, 0.2) is 4.99 Å². The van der Waals surface area contributed by atoms with Crippen LogP contribution in [0.4, 0.5) is 0 Å². The highest BCUT2D eigenvalue weighted by Crippen LogP contribution is 2.05. The molecule has 1 fully saturated rings. The number of nitrogens with one attached hydrogen (secondary N) is 2. The Bertz CT molecular complexity index is 339. The normalized spacial score (nSPS) is 19.0. The molecule has 0 aliphatic carbocycles. The van der Waals surface area contributed by atoms with Crippen LogP contribution in [0, 0.1) is 18.3 Å². The van der Waals surface area contributed by atoms with Crippen LogP contribution in [0.2, 0.25) is 0 Å². The van der Waals surface area contributed by atoms with Crippen molar-refractivity contribution in [2.45, 2.75) is 20.8 Å². The lowest BCUT2D eigenvalue weighted by atomic mass is 10.1. The standard InChI is InChI=1S/C16H31N5/c1-5-8-18-16(17-6-2)19-13-15(4)14-21-11-9-20(7-3)10-12-21/h1,15H,6-14H2,2-4H3,(H2,17,18,19). The fraction of sp³-hybridized carbons (Fsp3) is 0.812. The number of guanidine groups is 1. The molecule has 0 radical (unpaired) electrons. The maximum atomic E-state index is 5.27. The molecule has 1 heterocycles. The number of hydrogen-bond donors (Lipinski definition) is 2. The molecule has 1 unspecified atom stereocenters. The Balaban J connectivity index is 2.31. The van der Waals surface area contributed by atoms with Gasteiger partial charge in [0, 0.05) is 45.8 Å². The van der Waals surface area contributed by atoms with Crippen molar-refractivity contribution >= 4 is 5.96 Å². The number of likely N-dealkylation sites (N-methyl/N-ethyl adjacent to an activating group) is 1. The zero-order chi connectivity index (χ0) is 15.5. The van der Waals surface area contributed by atoms with E-state index in [1.807, 2.05) is 0 Å². The van der Waals surface area contributed by atoms with E-state index in [2.05, 4.69) is 52.1 Å². The van der Waals surface area contributed by atoms with Gasteiger partial charge in [-0.3, -0.25) is 4.99 Å². The highest BCUT2D eigenvalue weighted by Gasteiger charge is 2.17. The van der Waals surface area contributed by atoms with Crippen LogP contribution in [-0.4, -0.2) is 74.7 Å². The average Bonchev–Trinajstić information content (AvgIpc) is 2.51. The number of rotatable bonds is 7. The predicted octanol–water partition coefficient (Wildman–Crippen LogP) is 0.448. The third kappa shape index (κ3) is 7.35. The smallest absolute Gasteiger partial charge is 0.192 e. The summed E-state index contributed by atoms with van der Waals surface area (Å²) >= 11 is 0. The van der Waals surface area contributed by atoms with Crippen LogP contribution in [0.1, 0.15) is 20.8 Å². The molecule has 1 atom stereocenters. The molecule has 1 rings (SSSR count). The lowest BCUT2D eigenvalue weighted by Crippen LogP contribution is -2.47. The van der Waals surface area contributed by atoms with Crippen molar-refractivity contribution < 1.29 is 0 Å². The minimum Gasteiger partial charge on any atom is -0.357 e. The van der Waals surface area contributed by atoms with Gasteiger partial charge in [0.2, 0.25) is 0 Å². The van der Waals surface area contributed by atoms with Gasteiger partial charge in [0.15, 0.2) is 5.96 Å². The van der Waals surface area contributed by atoms with Crippen LogP contribution < -0.4 is 10.6 Å². The molecule has 0 spiro atoms. The number of piperazine rings is 1. The van der Waals surface area contributed by atoms with Crippen LogP contribution >= 0.6 is 0 Å². The third-order valence-corrected chi connectivity index (χ3v) is 3.75. The van der Waals surface area contributed by atoms with E-state index in [4.69, 9.17) is 6.42 Å². The summed E-state index contributed by atoms with van der Waals surface area (Å²) in [6.45, 7) is 15.8. The molecule has 5 heteroatoms. The molecule has 0 bridgehead atoms. The molecule has 0 aromatic heterocycles. The topological polar surface area (TPSA) is 42.9 Å². The Morgan fingerprint density at radius 3 is 2.43 bits per heavy atom. The zero-order valence-corrected chi connectivity index (χ0v) is 13.9. The Hall–Kier alpha value is -1.25. The summed E-state index contributed by atoms with van der Waals surface area (Å²) in [7, 11) is 0. The summed E-state index contributed by atoms with van der Waals surface area (Å²) in [6.07, 6.45) is 5.27. The van der Waals surface area contributed by atoms with E-state index < -0.39 is 0 Å². The van der Waals surface area contributed by atoms with Crippen LogP contribution in [0.3, 0.4) is 0 Å². The Labute approximate surface area is 130 Å². The molecule has 5 nitrogen and oxygen atoms in total. The molecule has 0 amide bonds. The van der Waals surface area contributed by atoms with E-state index in [0.29, 0.717) is 12.5 Å². The third-order valence-electron chi connectivity index (χ3n) is 3.75. The number of nitrogens with zero attached hydrogens (tertiary/aromatic N) is 3. The lowest BCUT2D eigenvalue weighted by molar-refractivity contribution is 0.125. The molecule has 1 saturated heterocycles. The summed E-state index contributed by atoms with van der Waals surface area (Å²) in [5.74, 6) is 3.95. The maximum Gasteiger partial charge on any atom is 0.192 e. The van der Waals surface area contributed by atoms with Crippen molar-refractivity contribution in [3.63, 3.8) is 0 Å². The second-order valence-electron chi connectivity index (χ2n) is 5.62. The van der Waals surface area contributed by atoms with E-state index in [0.717, 1.165) is 25.6 Å². The average molecular weight is 293 g/mol. The van der Waals surface area contributed by atoms with E-state index >= 15 is 0 Å². The SMILES string of the molecule is C#CCNC(=NCC(C)CN1CCN(CC)CC1)NCC. The second-order valence-corrected chi connectivity index (χ2v) is 5.62. The minimum absolute atomic E-state index is 0.513. The van der Waals surface area contributed by atoms with Gasteiger partial charge in [0.1, 0.15) is 0 Å². The first-order valence-electron chi connectivity index (χ1n) is 8.09. The first-order chi connectivity index (χ1) is 10.2. The quantitative estimate of drug-likeness (QED) is 0.406. The maximum absolute atomic E-state index is 5.27. The van der Waals surface area contributed by atoms with E-state index in [1.165, 1.54) is 32.7 Å². The molecule has 0 aromatic carbocycles. The summed E-state index contributed by atoms with van der Waals surface area (Å²) in [5, 5.41) is 6.34. The van der Waals surface area contributed by atoms with Gasteiger partial charge in [-0.1, -0.05) is 19.8 Å². The number of hydrogen-bond acceptors (Lipinski definition) is 3. The van der Waals surface area contributed by atoms with Crippen LogP contribution in [0.25, 0.3) is 0 Å². The van der Waals surface area contributed by atoms with Gasteiger partial charge in [-0.05, 0) is 19.4 Å². The summed E-state index contributed by atoms with van der Waals surface area (Å²) in [5.41, 5.74) is 0. The van der Waals surface area contributed by atoms with Crippen molar-refractivity contribution in [2.75, 3.05) is 58.9 Å². The fourth-order valence-corrected chi connectivity index (χ4v) is 2.51. The largest absolute Gasteiger partial charge is 0.357 e. The van der Waals surface area contributed by atoms with Crippen molar-refractivity contribution in [3.05, 3.63) is 0 Å². The van der Waals surface area contributed by atoms with Gasteiger partial charge in [-0.2, -0.15) is 0 Å². The molecule has 21 heavy (non-hydrogen) atoms. The highest BCUT2D eigenvalue weighted by molar-refractivity contribution is 5.79. The van der Waals surface area contributed by atoms with Gasteiger partial charge in [-0.15, -0.1) is 6.42 Å². The molecule has 0 saturated carbocycles. The predicted molar refractivity (Wildman–Crippen MR) is 90.5 cm³/mol.